The Hall–Kier alpha value is -3.14. The molecule has 0 unspecified atom stereocenters. The highest BCUT2D eigenvalue weighted by Gasteiger charge is 2.15. The number of rotatable bonds is 3. The second-order valence-corrected chi connectivity index (χ2v) is 6.25. The number of hydrogen-bond acceptors (Lipinski definition) is 2. The smallest absolute Gasteiger partial charge is 0.270 e. The SMILES string of the molecule is CCn1c2ccc(-c3ccccc3C)cc2c2cc([N+](=O)[O-])ccc21. The zero-order valence-electron chi connectivity index (χ0n) is 14.2. The third-order valence-corrected chi connectivity index (χ3v) is 4.83. The molecule has 1 aromatic heterocycles. The van der Waals surface area contributed by atoms with Gasteiger partial charge in [-0.25, -0.2) is 0 Å². The van der Waals surface area contributed by atoms with Gasteiger partial charge in [-0.3, -0.25) is 10.1 Å². The molecule has 0 saturated carbocycles. The van der Waals surface area contributed by atoms with Crippen molar-refractivity contribution in [2.24, 2.45) is 0 Å². The summed E-state index contributed by atoms with van der Waals surface area (Å²) in [5.41, 5.74) is 5.80. The Bertz CT molecular complexity index is 1130. The Labute approximate surface area is 145 Å². The van der Waals surface area contributed by atoms with Gasteiger partial charge in [-0.1, -0.05) is 30.3 Å². The number of non-ortho nitro benzene ring substituents is 1. The number of hydrogen-bond donors (Lipinski definition) is 0. The van der Waals surface area contributed by atoms with Crippen molar-refractivity contribution in [1.82, 2.24) is 4.57 Å². The van der Waals surface area contributed by atoms with E-state index in [9.17, 15) is 10.1 Å². The maximum atomic E-state index is 11.2. The summed E-state index contributed by atoms with van der Waals surface area (Å²) in [5.74, 6) is 0. The van der Waals surface area contributed by atoms with Crippen LogP contribution in [0.4, 0.5) is 5.69 Å². The van der Waals surface area contributed by atoms with E-state index < -0.39 is 0 Å². The van der Waals surface area contributed by atoms with Gasteiger partial charge < -0.3 is 4.57 Å². The highest BCUT2D eigenvalue weighted by atomic mass is 16.6. The summed E-state index contributed by atoms with van der Waals surface area (Å²) in [6, 6.07) is 19.8. The number of aryl methyl sites for hydroxylation is 2. The van der Waals surface area contributed by atoms with E-state index in [0.29, 0.717) is 0 Å². The average Bonchev–Trinajstić information content (AvgIpc) is 2.94. The molecule has 0 aliphatic carbocycles. The minimum Gasteiger partial charge on any atom is -0.341 e. The Morgan fingerprint density at radius 2 is 1.64 bits per heavy atom. The molecule has 124 valence electrons. The monoisotopic (exact) mass is 330 g/mol. The number of nitrogens with zero attached hydrogens (tertiary/aromatic N) is 2. The molecule has 0 aliphatic rings. The van der Waals surface area contributed by atoms with Gasteiger partial charge in [0, 0.05) is 40.5 Å². The summed E-state index contributed by atoms with van der Waals surface area (Å²) in [4.78, 5) is 10.9. The summed E-state index contributed by atoms with van der Waals surface area (Å²) in [6.45, 7) is 5.01. The van der Waals surface area contributed by atoms with Gasteiger partial charge in [0.25, 0.3) is 5.69 Å². The van der Waals surface area contributed by atoms with Crippen LogP contribution in [0.5, 0.6) is 0 Å². The maximum Gasteiger partial charge on any atom is 0.270 e. The van der Waals surface area contributed by atoms with Crippen LogP contribution in [0.2, 0.25) is 0 Å². The van der Waals surface area contributed by atoms with Gasteiger partial charge in [0.1, 0.15) is 0 Å². The molecule has 1 heterocycles. The van der Waals surface area contributed by atoms with Crippen LogP contribution < -0.4 is 0 Å². The van der Waals surface area contributed by atoms with Crippen LogP contribution in [-0.4, -0.2) is 9.49 Å². The van der Waals surface area contributed by atoms with Crippen molar-refractivity contribution in [2.45, 2.75) is 20.4 Å². The highest BCUT2D eigenvalue weighted by Crippen LogP contribution is 2.35. The predicted molar refractivity (Wildman–Crippen MR) is 102 cm³/mol. The molecule has 0 bridgehead atoms. The van der Waals surface area contributed by atoms with Crippen molar-refractivity contribution in [3.05, 3.63) is 76.3 Å². The molecule has 3 aromatic carbocycles. The van der Waals surface area contributed by atoms with Gasteiger partial charge in [0.05, 0.1) is 4.92 Å². The van der Waals surface area contributed by atoms with Gasteiger partial charge in [0.2, 0.25) is 0 Å². The Balaban J connectivity index is 2.06. The van der Waals surface area contributed by atoms with E-state index in [2.05, 4.69) is 48.7 Å². The van der Waals surface area contributed by atoms with Crippen molar-refractivity contribution in [2.75, 3.05) is 0 Å². The molecule has 0 aliphatic heterocycles. The molecule has 4 heteroatoms. The van der Waals surface area contributed by atoms with Gasteiger partial charge in [-0.15, -0.1) is 0 Å². The van der Waals surface area contributed by atoms with Gasteiger partial charge >= 0.3 is 0 Å². The van der Waals surface area contributed by atoms with Crippen LogP contribution >= 0.6 is 0 Å². The molecular formula is C21H18N2O2. The predicted octanol–water partition coefficient (Wildman–Crippen LogP) is 5.70. The lowest BCUT2D eigenvalue weighted by Gasteiger charge is -2.07. The van der Waals surface area contributed by atoms with Crippen LogP contribution in [0, 0.1) is 17.0 Å². The molecule has 0 atom stereocenters. The Morgan fingerprint density at radius 3 is 2.32 bits per heavy atom. The van der Waals surface area contributed by atoms with Crippen LogP contribution in [0.15, 0.2) is 60.7 Å². The molecular weight excluding hydrogens is 312 g/mol. The molecule has 4 nitrogen and oxygen atoms in total. The number of aromatic nitrogens is 1. The first-order valence-corrected chi connectivity index (χ1v) is 8.36. The van der Waals surface area contributed by atoms with E-state index >= 15 is 0 Å². The van der Waals surface area contributed by atoms with E-state index in [1.165, 1.54) is 11.1 Å². The molecule has 0 spiro atoms. The van der Waals surface area contributed by atoms with Crippen LogP contribution in [0.1, 0.15) is 12.5 Å². The summed E-state index contributed by atoms with van der Waals surface area (Å²) in [6.07, 6.45) is 0. The Kier molecular flexibility index (Phi) is 3.53. The first-order chi connectivity index (χ1) is 12.1. The van der Waals surface area contributed by atoms with Crippen molar-refractivity contribution in [1.29, 1.82) is 0 Å². The summed E-state index contributed by atoms with van der Waals surface area (Å²) >= 11 is 0. The lowest BCUT2D eigenvalue weighted by atomic mass is 9.99. The molecule has 0 amide bonds. The zero-order chi connectivity index (χ0) is 17.6. The standard InChI is InChI=1S/C21H18N2O2/c1-3-22-20-10-8-15(17-7-5-4-6-14(17)2)12-18(20)19-13-16(23(24)25)9-11-21(19)22/h4-13H,3H2,1-2H3. The lowest BCUT2D eigenvalue weighted by Crippen LogP contribution is -1.93. The third kappa shape index (κ3) is 2.38. The molecule has 25 heavy (non-hydrogen) atoms. The quantitative estimate of drug-likeness (QED) is 0.357. The number of nitro benzene ring substituents is 1. The fourth-order valence-corrected chi connectivity index (χ4v) is 3.61. The fraction of sp³-hybridized carbons (Fsp3) is 0.143. The maximum absolute atomic E-state index is 11.2. The zero-order valence-corrected chi connectivity index (χ0v) is 14.2. The Morgan fingerprint density at radius 1 is 0.960 bits per heavy atom. The van der Waals surface area contributed by atoms with E-state index in [1.807, 2.05) is 18.2 Å². The highest BCUT2D eigenvalue weighted by molar-refractivity contribution is 6.10. The lowest BCUT2D eigenvalue weighted by molar-refractivity contribution is -0.384. The fourth-order valence-electron chi connectivity index (χ4n) is 3.61. The second kappa shape index (κ2) is 5.74. The molecule has 0 radical (unpaired) electrons. The second-order valence-electron chi connectivity index (χ2n) is 6.25. The van der Waals surface area contributed by atoms with Crippen molar-refractivity contribution < 1.29 is 4.92 Å². The summed E-state index contributed by atoms with van der Waals surface area (Å²) in [5, 5.41) is 13.2. The van der Waals surface area contributed by atoms with E-state index in [-0.39, 0.29) is 10.6 Å². The average molecular weight is 330 g/mol. The summed E-state index contributed by atoms with van der Waals surface area (Å²) in [7, 11) is 0. The molecule has 0 fully saturated rings. The topological polar surface area (TPSA) is 48.1 Å². The van der Waals surface area contributed by atoms with Crippen molar-refractivity contribution >= 4 is 27.5 Å². The number of nitro groups is 1. The molecule has 0 saturated heterocycles. The largest absolute Gasteiger partial charge is 0.341 e. The normalized spacial score (nSPS) is 11.3. The number of fused-ring (bicyclic) bond motifs is 3. The van der Waals surface area contributed by atoms with E-state index in [4.69, 9.17) is 0 Å². The summed E-state index contributed by atoms with van der Waals surface area (Å²) < 4.78 is 2.20. The van der Waals surface area contributed by atoms with E-state index in [0.717, 1.165) is 33.9 Å². The van der Waals surface area contributed by atoms with Gasteiger partial charge in [-0.2, -0.15) is 0 Å². The molecule has 4 aromatic rings. The van der Waals surface area contributed by atoms with Crippen LogP contribution in [0.3, 0.4) is 0 Å². The van der Waals surface area contributed by atoms with Gasteiger partial charge in [-0.05, 0) is 48.7 Å². The minimum absolute atomic E-state index is 0.129. The molecule has 4 rings (SSSR count). The van der Waals surface area contributed by atoms with Crippen molar-refractivity contribution in [3.63, 3.8) is 0 Å². The van der Waals surface area contributed by atoms with E-state index in [1.54, 1.807) is 12.1 Å². The first kappa shape index (κ1) is 15.4. The minimum atomic E-state index is -0.334. The molecule has 0 N–H and O–H groups in total. The van der Waals surface area contributed by atoms with Crippen LogP contribution in [-0.2, 0) is 6.54 Å². The number of benzene rings is 3. The third-order valence-electron chi connectivity index (χ3n) is 4.83. The van der Waals surface area contributed by atoms with Crippen molar-refractivity contribution in [3.8, 4) is 11.1 Å². The first-order valence-electron chi connectivity index (χ1n) is 8.36. The van der Waals surface area contributed by atoms with Gasteiger partial charge in [0.15, 0.2) is 0 Å². The van der Waals surface area contributed by atoms with Crippen LogP contribution in [0.25, 0.3) is 32.9 Å².